The molecule has 0 aliphatic heterocycles. The van der Waals surface area contributed by atoms with Crippen LogP contribution in [0.3, 0.4) is 0 Å². The van der Waals surface area contributed by atoms with Gasteiger partial charge in [-0.2, -0.15) is 0 Å². The van der Waals surface area contributed by atoms with Gasteiger partial charge in [0.2, 0.25) is 5.91 Å². The monoisotopic (exact) mass is 398 g/mol. The highest BCUT2D eigenvalue weighted by Crippen LogP contribution is 2.49. The van der Waals surface area contributed by atoms with Crippen LogP contribution < -0.4 is 10.6 Å². The molecule has 0 radical (unpaired) electrons. The summed E-state index contributed by atoms with van der Waals surface area (Å²) in [6.07, 6.45) is 3.81. The molecule has 2 aromatic rings. The summed E-state index contributed by atoms with van der Waals surface area (Å²) in [4.78, 5) is 25.0. The molecule has 4 rings (SSSR count). The largest absolute Gasteiger partial charge is 0.349 e. The van der Waals surface area contributed by atoms with Gasteiger partial charge in [0.05, 0.1) is 5.41 Å². The molecular formula is C20H19BrN2O2. The molecule has 0 bridgehead atoms. The summed E-state index contributed by atoms with van der Waals surface area (Å²) in [5, 5.41) is 5.96. The minimum Gasteiger partial charge on any atom is -0.349 e. The third kappa shape index (κ3) is 3.47. The molecule has 2 aliphatic carbocycles. The van der Waals surface area contributed by atoms with Crippen molar-refractivity contribution in [2.75, 3.05) is 5.32 Å². The number of amides is 2. The van der Waals surface area contributed by atoms with E-state index in [4.69, 9.17) is 0 Å². The van der Waals surface area contributed by atoms with Crippen LogP contribution in [-0.2, 0) is 10.2 Å². The smallest absolute Gasteiger partial charge is 0.251 e. The molecule has 0 atom stereocenters. The Morgan fingerprint density at radius 1 is 1.04 bits per heavy atom. The number of anilines is 1. The molecule has 2 aromatic carbocycles. The van der Waals surface area contributed by atoms with E-state index in [9.17, 15) is 9.59 Å². The first-order valence-corrected chi connectivity index (χ1v) is 9.35. The summed E-state index contributed by atoms with van der Waals surface area (Å²) in [5.74, 6) is -0.0813. The van der Waals surface area contributed by atoms with Crippen LogP contribution in [-0.4, -0.2) is 17.9 Å². The molecule has 2 fully saturated rings. The van der Waals surface area contributed by atoms with E-state index >= 15 is 0 Å². The standard InChI is InChI=1S/C20H19BrN2O2/c21-15-6-4-14(5-7-15)20(10-11-20)19(25)23-17-3-1-2-13(12-17)18(24)22-16-8-9-16/h1-7,12,16H,8-11H2,(H,22,24)(H,23,25). The third-order valence-corrected chi connectivity index (χ3v) is 5.41. The lowest BCUT2D eigenvalue weighted by atomic mass is 9.95. The molecule has 0 saturated heterocycles. The molecule has 4 nitrogen and oxygen atoms in total. The molecular weight excluding hydrogens is 380 g/mol. The Morgan fingerprint density at radius 3 is 2.40 bits per heavy atom. The van der Waals surface area contributed by atoms with E-state index in [1.165, 1.54) is 0 Å². The van der Waals surface area contributed by atoms with Gasteiger partial charge in [0, 0.05) is 21.8 Å². The van der Waals surface area contributed by atoms with Crippen LogP contribution in [0, 0.1) is 0 Å². The number of rotatable bonds is 5. The zero-order chi connectivity index (χ0) is 17.4. The van der Waals surface area contributed by atoms with Crippen LogP contribution in [0.2, 0.25) is 0 Å². The first kappa shape index (κ1) is 16.3. The summed E-state index contributed by atoms with van der Waals surface area (Å²) in [5.41, 5.74) is 1.85. The Labute approximate surface area is 155 Å². The van der Waals surface area contributed by atoms with Crippen molar-refractivity contribution in [1.29, 1.82) is 0 Å². The zero-order valence-corrected chi connectivity index (χ0v) is 15.3. The lowest BCUT2D eigenvalue weighted by molar-refractivity contribution is -0.118. The number of hydrogen-bond donors (Lipinski definition) is 2. The van der Waals surface area contributed by atoms with E-state index in [2.05, 4.69) is 26.6 Å². The van der Waals surface area contributed by atoms with Crippen LogP contribution in [0.1, 0.15) is 41.6 Å². The molecule has 0 unspecified atom stereocenters. The van der Waals surface area contributed by atoms with E-state index in [0.29, 0.717) is 17.3 Å². The molecule has 0 aromatic heterocycles. The van der Waals surface area contributed by atoms with Crippen LogP contribution in [0.4, 0.5) is 5.69 Å². The topological polar surface area (TPSA) is 58.2 Å². The van der Waals surface area contributed by atoms with Gasteiger partial charge in [0.15, 0.2) is 0 Å². The molecule has 0 heterocycles. The van der Waals surface area contributed by atoms with Crippen molar-refractivity contribution < 1.29 is 9.59 Å². The highest BCUT2D eigenvalue weighted by molar-refractivity contribution is 9.10. The van der Waals surface area contributed by atoms with Gasteiger partial charge < -0.3 is 10.6 Å². The minimum atomic E-state index is -0.438. The summed E-state index contributed by atoms with van der Waals surface area (Å²) < 4.78 is 1.00. The Balaban J connectivity index is 1.49. The van der Waals surface area contributed by atoms with E-state index in [-0.39, 0.29) is 11.8 Å². The molecule has 2 saturated carbocycles. The summed E-state index contributed by atoms with van der Waals surface area (Å²) in [7, 11) is 0. The number of nitrogens with one attached hydrogen (secondary N) is 2. The maximum atomic E-state index is 12.8. The van der Waals surface area contributed by atoms with Crippen molar-refractivity contribution in [3.63, 3.8) is 0 Å². The van der Waals surface area contributed by atoms with Crippen molar-refractivity contribution in [2.45, 2.75) is 37.1 Å². The van der Waals surface area contributed by atoms with E-state index in [1.54, 1.807) is 18.2 Å². The highest BCUT2D eigenvalue weighted by Gasteiger charge is 2.51. The van der Waals surface area contributed by atoms with E-state index < -0.39 is 5.41 Å². The second-order valence-electron chi connectivity index (χ2n) is 6.87. The molecule has 2 amide bonds. The number of halogens is 1. The first-order valence-electron chi connectivity index (χ1n) is 8.55. The second kappa shape index (κ2) is 6.30. The first-order chi connectivity index (χ1) is 12.1. The average molecular weight is 399 g/mol. The molecule has 0 spiro atoms. The number of benzene rings is 2. The Bertz CT molecular complexity index is 824. The molecule has 5 heteroatoms. The van der Waals surface area contributed by atoms with Gasteiger partial charge in [0.25, 0.3) is 5.91 Å². The number of hydrogen-bond acceptors (Lipinski definition) is 2. The van der Waals surface area contributed by atoms with Crippen molar-refractivity contribution >= 4 is 33.4 Å². The highest BCUT2D eigenvalue weighted by atomic mass is 79.9. The Kier molecular flexibility index (Phi) is 4.12. The maximum absolute atomic E-state index is 12.8. The zero-order valence-electron chi connectivity index (χ0n) is 13.7. The maximum Gasteiger partial charge on any atom is 0.251 e. The van der Waals surface area contributed by atoms with Crippen molar-refractivity contribution in [3.8, 4) is 0 Å². The predicted molar refractivity (Wildman–Crippen MR) is 101 cm³/mol. The molecule has 2 N–H and O–H groups in total. The molecule has 25 heavy (non-hydrogen) atoms. The van der Waals surface area contributed by atoms with Gasteiger partial charge in [-0.3, -0.25) is 9.59 Å². The van der Waals surface area contributed by atoms with Crippen molar-refractivity contribution in [1.82, 2.24) is 5.32 Å². The summed E-state index contributed by atoms with van der Waals surface area (Å²) in [6.45, 7) is 0. The Morgan fingerprint density at radius 2 is 1.76 bits per heavy atom. The van der Waals surface area contributed by atoms with Crippen molar-refractivity contribution in [3.05, 3.63) is 64.1 Å². The van der Waals surface area contributed by atoms with Gasteiger partial charge in [-0.15, -0.1) is 0 Å². The summed E-state index contributed by atoms with van der Waals surface area (Å²) >= 11 is 3.43. The summed E-state index contributed by atoms with van der Waals surface area (Å²) in [6, 6.07) is 15.4. The third-order valence-electron chi connectivity index (χ3n) is 4.88. The fraction of sp³-hybridized carbons (Fsp3) is 0.300. The van der Waals surface area contributed by atoms with Crippen LogP contribution in [0.5, 0.6) is 0 Å². The lowest BCUT2D eigenvalue weighted by Crippen LogP contribution is -2.28. The normalized spacial score (nSPS) is 17.6. The lowest BCUT2D eigenvalue weighted by Gasteiger charge is -2.16. The minimum absolute atomic E-state index is 0.00502. The van der Waals surface area contributed by atoms with Gasteiger partial charge in [-0.05, 0) is 61.6 Å². The predicted octanol–water partition coefficient (Wildman–Crippen LogP) is 4.01. The second-order valence-corrected chi connectivity index (χ2v) is 7.79. The van der Waals surface area contributed by atoms with Crippen LogP contribution in [0.25, 0.3) is 0 Å². The average Bonchev–Trinajstić information content (AvgIpc) is 3.51. The molecule has 128 valence electrons. The van der Waals surface area contributed by atoms with Gasteiger partial charge in [-0.1, -0.05) is 34.1 Å². The van der Waals surface area contributed by atoms with E-state index in [0.717, 1.165) is 35.7 Å². The Hall–Kier alpha value is -2.14. The van der Waals surface area contributed by atoms with Gasteiger partial charge in [0.1, 0.15) is 0 Å². The fourth-order valence-corrected chi connectivity index (χ4v) is 3.29. The van der Waals surface area contributed by atoms with Gasteiger partial charge >= 0.3 is 0 Å². The number of carbonyl (C=O) groups excluding carboxylic acids is 2. The number of carbonyl (C=O) groups is 2. The molecule has 2 aliphatic rings. The van der Waals surface area contributed by atoms with Crippen LogP contribution in [0.15, 0.2) is 53.0 Å². The quantitative estimate of drug-likeness (QED) is 0.798. The van der Waals surface area contributed by atoms with Crippen molar-refractivity contribution in [2.24, 2.45) is 0 Å². The van der Waals surface area contributed by atoms with Gasteiger partial charge in [-0.25, -0.2) is 0 Å². The fourth-order valence-electron chi connectivity index (χ4n) is 3.03. The SMILES string of the molecule is O=C(NC1CC1)c1cccc(NC(=O)C2(c3ccc(Br)cc3)CC2)c1. The van der Waals surface area contributed by atoms with Crippen LogP contribution >= 0.6 is 15.9 Å². The van der Waals surface area contributed by atoms with E-state index in [1.807, 2.05) is 30.3 Å².